The summed E-state index contributed by atoms with van der Waals surface area (Å²) >= 11 is 0. The van der Waals surface area contributed by atoms with Gasteiger partial charge in [-0.1, -0.05) is 158 Å². The average molecular weight is 755 g/mol. The van der Waals surface area contributed by atoms with Crippen molar-refractivity contribution in [3.8, 4) is 39.1 Å². The van der Waals surface area contributed by atoms with Crippen LogP contribution in [0.5, 0.6) is 0 Å². The van der Waals surface area contributed by atoms with Gasteiger partial charge in [-0.05, 0) is 150 Å². The summed E-state index contributed by atoms with van der Waals surface area (Å²) in [5, 5.41) is 8.52. The summed E-state index contributed by atoms with van der Waals surface area (Å²) in [6.45, 7) is 0. The van der Waals surface area contributed by atoms with Crippen molar-refractivity contribution in [2.45, 2.75) is 19.3 Å². The molecule has 10 aromatic rings. The zero-order chi connectivity index (χ0) is 39.3. The first-order valence-corrected chi connectivity index (χ1v) is 20.7. The normalized spacial score (nSPS) is 12.6. The number of nitrogens with zero attached hydrogens (tertiary/aromatic N) is 1. The number of benzene rings is 9. The van der Waals surface area contributed by atoms with Crippen molar-refractivity contribution in [2.24, 2.45) is 0 Å². The molecule has 9 aromatic carbocycles. The van der Waals surface area contributed by atoms with Crippen LogP contribution in [-0.4, -0.2) is 4.57 Å². The van der Waals surface area contributed by atoms with Crippen molar-refractivity contribution in [3.05, 3.63) is 217 Å². The molecule has 0 fully saturated rings. The highest BCUT2D eigenvalue weighted by atomic mass is 15.0. The van der Waals surface area contributed by atoms with Crippen molar-refractivity contribution in [3.63, 3.8) is 0 Å². The highest BCUT2D eigenvalue weighted by Crippen LogP contribution is 2.46. The van der Waals surface area contributed by atoms with E-state index in [-0.39, 0.29) is 0 Å². The summed E-state index contributed by atoms with van der Waals surface area (Å²) in [7, 11) is 0. The lowest BCUT2D eigenvalue weighted by Crippen LogP contribution is -1.97. The van der Waals surface area contributed by atoms with E-state index in [4.69, 9.17) is 5.73 Å². The molecule has 2 nitrogen and oxygen atoms in total. The third kappa shape index (κ3) is 6.13. The van der Waals surface area contributed by atoms with Crippen LogP contribution in [-0.2, 0) is 12.8 Å². The maximum Gasteiger partial charge on any atom is 0.0695 e. The Bertz CT molecular complexity index is 3290. The van der Waals surface area contributed by atoms with Gasteiger partial charge in [-0.15, -0.1) is 0 Å². The molecule has 11 rings (SSSR count). The maximum absolute atomic E-state index is 7.16. The number of rotatable bonds is 7. The number of aromatic nitrogens is 1. The van der Waals surface area contributed by atoms with Crippen molar-refractivity contribution < 1.29 is 0 Å². The monoisotopic (exact) mass is 754 g/mol. The number of hydrogen-bond donors (Lipinski definition) is 1. The van der Waals surface area contributed by atoms with Crippen LogP contribution < -0.4 is 5.73 Å². The summed E-state index contributed by atoms with van der Waals surface area (Å²) in [6.07, 6.45) is 12.0. The van der Waals surface area contributed by atoms with Gasteiger partial charge in [0, 0.05) is 11.1 Å². The number of anilines is 1. The molecule has 0 saturated heterocycles. The number of nitrogen functional groups attached to an aromatic ring is 1. The fraction of sp³-hybridized carbons (Fsp3) is 0.0526. The van der Waals surface area contributed by atoms with Crippen LogP contribution in [0.2, 0.25) is 0 Å². The molecule has 2 N–H and O–H groups in total. The molecule has 0 amide bonds. The van der Waals surface area contributed by atoms with E-state index in [9.17, 15) is 0 Å². The molecule has 2 heteroatoms. The zero-order valence-corrected chi connectivity index (χ0v) is 32.8. The van der Waals surface area contributed by atoms with Gasteiger partial charge in [0.1, 0.15) is 0 Å². The largest absolute Gasteiger partial charge is 0.396 e. The molecule has 1 aliphatic rings. The summed E-state index contributed by atoms with van der Waals surface area (Å²) < 4.78 is 2.29. The van der Waals surface area contributed by atoms with E-state index in [1.54, 1.807) is 0 Å². The molecule has 0 saturated carbocycles. The predicted octanol–water partition coefficient (Wildman–Crippen LogP) is 14.9. The average Bonchev–Trinajstić information content (AvgIpc) is 3.58. The Morgan fingerprint density at radius 2 is 1.14 bits per heavy atom. The molecule has 1 heterocycles. The number of allylic oxidation sites excluding steroid dienone is 2. The number of fused-ring (bicyclic) bond motifs is 5. The van der Waals surface area contributed by atoms with Gasteiger partial charge < -0.3 is 10.3 Å². The van der Waals surface area contributed by atoms with Crippen molar-refractivity contribution in [1.29, 1.82) is 0 Å². The van der Waals surface area contributed by atoms with Crippen molar-refractivity contribution >= 4 is 61.1 Å². The van der Waals surface area contributed by atoms with Crippen LogP contribution in [0.3, 0.4) is 0 Å². The second-order valence-corrected chi connectivity index (χ2v) is 15.8. The zero-order valence-electron chi connectivity index (χ0n) is 32.8. The summed E-state index contributed by atoms with van der Waals surface area (Å²) in [6, 6.07) is 66.6. The van der Waals surface area contributed by atoms with Crippen LogP contribution in [0.25, 0.3) is 94.4 Å². The van der Waals surface area contributed by atoms with E-state index in [0.29, 0.717) is 0 Å². The minimum Gasteiger partial charge on any atom is -0.396 e. The minimum atomic E-state index is 0.780. The molecular weight excluding hydrogens is 713 g/mol. The number of para-hydroxylation sites is 1. The molecule has 0 radical (unpaired) electrons. The highest BCUT2D eigenvalue weighted by molar-refractivity contribution is 6.22. The topological polar surface area (TPSA) is 30.9 Å². The van der Waals surface area contributed by atoms with Gasteiger partial charge in [0.05, 0.1) is 16.9 Å². The Labute approximate surface area is 344 Å². The van der Waals surface area contributed by atoms with Gasteiger partial charge in [0.25, 0.3) is 0 Å². The van der Waals surface area contributed by atoms with E-state index in [2.05, 4.69) is 211 Å². The van der Waals surface area contributed by atoms with Crippen LogP contribution >= 0.6 is 0 Å². The summed E-state index contributed by atoms with van der Waals surface area (Å²) in [4.78, 5) is 0. The fourth-order valence-electron chi connectivity index (χ4n) is 9.36. The molecule has 1 aliphatic carbocycles. The number of nitrogens with two attached hydrogens (primary N) is 1. The SMILES string of the molecule is Nc1c(/C=C\Cc2ccccc2)n(-c2ccccc2)c2ccc(-c3ccc4c(-c5ccc6c(c5)C=CCC6)c5ccccc5c(-c5ccc6ccccc6c5)c4c3)cc12. The smallest absolute Gasteiger partial charge is 0.0695 e. The quantitative estimate of drug-likeness (QED) is 0.161. The summed E-state index contributed by atoms with van der Waals surface area (Å²) in [5.41, 5.74) is 22.4. The summed E-state index contributed by atoms with van der Waals surface area (Å²) in [5.74, 6) is 0. The first-order chi connectivity index (χ1) is 29.2. The fourth-order valence-corrected chi connectivity index (χ4v) is 9.36. The van der Waals surface area contributed by atoms with E-state index < -0.39 is 0 Å². The predicted molar refractivity (Wildman–Crippen MR) is 253 cm³/mol. The lowest BCUT2D eigenvalue weighted by Gasteiger charge is -2.20. The molecule has 0 unspecified atom stereocenters. The Morgan fingerprint density at radius 3 is 1.95 bits per heavy atom. The third-order valence-corrected chi connectivity index (χ3v) is 12.2. The van der Waals surface area contributed by atoms with E-state index >= 15 is 0 Å². The van der Waals surface area contributed by atoms with E-state index in [1.165, 1.54) is 71.3 Å². The minimum absolute atomic E-state index is 0.780. The molecule has 0 atom stereocenters. The lowest BCUT2D eigenvalue weighted by molar-refractivity contribution is 0.986. The van der Waals surface area contributed by atoms with Gasteiger partial charge in [-0.2, -0.15) is 0 Å². The maximum atomic E-state index is 7.16. The van der Waals surface area contributed by atoms with Crippen LogP contribution in [0, 0.1) is 0 Å². The van der Waals surface area contributed by atoms with Crippen LogP contribution in [0.4, 0.5) is 5.69 Å². The van der Waals surface area contributed by atoms with E-state index in [1.807, 2.05) is 0 Å². The molecule has 59 heavy (non-hydrogen) atoms. The second kappa shape index (κ2) is 14.5. The van der Waals surface area contributed by atoms with Gasteiger partial charge in [0.2, 0.25) is 0 Å². The Balaban J connectivity index is 1.13. The van der Waals surface area contributed by atoms with Crippen LogP contribution in [0.1, 0.15) is 28.8 Å². The van der Waals surface area contributed by atoms with Crippen molar-refractivity contribution in [2.75, 3.05) is 5.73 Å². The van der Waals surface area contributed by atoms with Gasteiger partial charge >= 0.3 is 0 Å². The lowest BCUT2D eigenvalue weighted by atomic mass is 9.83. The number of hydrogen-bond acceptors (Lipinski definition) is 1. The third-order valence-electron chi connectivity index (χ3n) is 12.2. The molecule has 0 aliphatic heterocycles. The second-order valence-electron chi connectivity index (χ2n) is 15.8. The highest BCUT2D eigenvalue weighted by Gasteiger charge is 2.20. The van der Waals surface area contributed by atoms with Crippen molar-refractivity contribution in [1.82, 2.24) is 4.57 Å². The Kier molecular flexibility index (Phi) is 8.56. The first kappa shape index (κ1) is 34.8. The molecule has 280 valence electrons. The standard InChI is InChI=1S/C57H42N2/c58-57-52-37-44(31-33-53(52)59(47-21-5-2-6-22-47)54(57)25-13-16-38-14-3-1-4-15-38)43-30-32-50-51(36-43)56(46-29-27-40-18-8-10-20-42(40)35-46)49-24-12-11-23-48(49)55(50)45-28-26-39-17-7-9-19-41(39)34-45/h1-6,8-15,18-37H,7,16-17,58H2/b25-13-. The Hall–Kier alpha value is -7.42. The molecule has 0 spiro atoms. The molecular formula is C57H42N2. The van der Waals surface area contributed by atoms with Crippen LogP contribution in [0.15, 0.2) is 194 Å². The van der Waals surface area contributed by atoms with Gasteiger partial charge in [-0.25, -0.2) is 0 Å². The molecule has 0 bridgehead atoms. The van der Waals surface area contributed by atoms with Gasteiger partial charge in [0.15, 0.2) is 0 Å². The first-order valence-electron chi connectivity index (χ1n) is 20.7. The Morgan fingerprint density at radius 1 is 0.508 bits per heavy atom. The number of aryl methyl sites for hydroxylation is 1. The van der Waals surface area contributed by atoms with E-state index in [0.717, 1.165) is 58.4 Å². The van der Waals surface area contributed by atoms with Gasteiger partial charge in [-0.3, -0.25) is 0 Å². The molecule has 1 aromatic heterocycles.